The molecule has 1 aromatic rings. The lowest BCUT2D eigenvalue weighted by Gasteiger charge is -2.33. The van der Waals surface area contributed by atoms with Gasteiger partial charge in [-0.25, -0.2) is 9.79 Å². The van der Waals surface area contributed by atoms with Crippen molar-refractivity contribution in [1.82, 2.24) is 5.32 Å². The Kier molecular flexibility index (Phi) is 23.3. The molecule has 0 spiro atoms. The number of amides is 1. The summed E-state index contributed by atoms with van der Waals surface area (Å²) in [5.74, 6) is 4.78. The average molecular weight is 609 g/mol. The maximum atomic E-state index is 10.6. The summed E-state index contributed by atoms with van der Waals surface area (Å²) < 4.78 is 5.62. The maximum absolute atomic E-state index is 10.6. The molecule has 246 valence electrons. The lowest BCUT2D eigenvalue weighted by Crippen LogP contribution is -2.32. The van der Waals surface area contributed by atoms with Crippen molar-refractivity contribution < 1.29 is 14.3 Å². The first-order chi connectivity index (χ1) is 21.0. The van der Waals surface area contributed by atoms with Crippen molar-refractivity contribution in [3.63, 3.8) is 0 Å². The molecule has 0 fully saturated rings. The summed E-state index contributed by atoms with van der Waals surface area (Å²) in [6.07, 6.45) is 13.0. The smallest absolute Gasteiger partial charge is 0.215 e. The second kappa shape index (κ2) is 25.2. The van der Waals surface area contributed by atoms with E-state index in [1.54, 1.807) is 5.94 Å². The number of nitriles is 1. The second-order valence-corrected chi connectivity index (χ2v) is 12.7. The number of hydrogen-bond donors (Lipinski definition) is 2. The molecule has 2 rings (SSSR count). The summed E-state index contributed by atoms with van der Waals surface area (Å²) in [6, 6.07) is 10.5. The minimum atomic E-state index is 0.334. The summed E-state index contributed by atoms with van der Waals surface area (Å²) in [4.78, 5) is 24.6. The Morgan fingerprint density at radius 3 is 2.11 bits per heavy atom. The predicted octanol–water partition coefficient (Wildman–Crippen LogP) is 7.82. The first-order valence-corrected chi connectivity index (χ1v) is 16.6. The molecular weight excluding hydrogens is 548 g/mol. The molecular formula is C37H60N4O3. The van der Waals surface area contributed by atoms with Crippen LogP contribution in [0.2, 0.25) is 0 Å². The van der Waals surface area contributed by atoms with Gasteiger partial charge in [-0.1, -0.05) is 73.9 Å². The van der Waals surface area contributed by atoms with E-state index < -0.39 is 0 Å². The number of nitrogens with one attached hydrogen (secondary N) is 1. The third-order valence-electron chi connectivity index (χ3n) is 7.27. The van der Waals surface area contributed by atoms with Gasteiger partial charge >= 0.3 is 0 Å². The van der Waals surface area contributed by atoms with Crippen LogP contribution in [0.15, 0.2) is 47.3 Å². The largest absolute Gasteiger partial charge is 0.478 e. The van der Waals surface area contributed by atoms with Crippen molar-refractivity contribution in [2.45, 2.75) is 113 Å². The fourth-order valence-corrected chi connectivity index (χ4v) is 4.98. The summed E-state index contributed by atoms with van der Waals surface area (Å²) in [5, 5.41) is 11.8. The van der Waals surface area contributed by atoms with Crippen molar-refractivity contribution in [1.29, 1.82) is 5.26 Å². The molecule has 0 bridgehead atoms. The van der Waals surface area contributed by atoms with Crippen LogP contribution < -0.4 is 11.1 Å². The molecule has 3 atom stereocenters. The second-order valence-electron chi connectivity index (χ2n) is 12.7. The van der Waals surface area contributed by atoms with Crippen LogP contribution in [0.4, 0.5) is 0 Å². The third-order valence-corrected chi connectivity index (χ3v) is 7.27. The van der Waals surface area contributed by atoms with Gasteiger partial charge in [0.2, 0.25) is 12.3 Å². The topological polar surface area (TPSA) is 118 Å². The maximum Gasteiger partial charge on any atom is 0.215 e. The molecule has 0 aliphatic carbocycles. The van der Waals surface area contributed by atoms with Gasteiger partial charge in [-0.3, -0.25) is 4.79 Å². The number of aliphatic imine (C=N–C) groups is 1. The molecule has 3 N–H and O–H groups in total. The summed E-state index contributed by atoms with van der Waals surface area (Å²) in [7, 11) is 0. The van der Waals surface area contributed by atoms with Gasteiger partial charge in [-0.05, 0) is 86.3 Å². The van der Waals surface area contributed by atoms with Gasteiger partial charge in [0.1, 0.15) is 5.94 Å². The first-order valence-electron chi connectivity index (χ1n) is 16.6. The molecule has 1 aliphatic heterocycles. The molecule has 3 unspecified atom stereocenters. The Morgan fingerprint density at radius 1 is 1.00 bits per heavy atom. The van der Waals surface area contributed by atoms with Crippen molar-refractivity contribution >= 4 is 18.1 Å². The van der Waals surface area contributed by atoms with Crippen LogP contribution in [0.1, 0.15) is 111 Å². The molecule has 1 aromatic carbocycles. The SMILES string of the molecule is CC(C)C=C=O.CCCC(N)CCC(C)C.CCCOC1=CC(C(C(C)C)C(CCCNC=O)Cc2ccc(C#N)cc2)=N1. The number of carbonyl (C=O) groups is 1. The van der Waals surface area contributed by atoms with Crippen LogP contribution in [0.5, 0.6) is 0 Å². The monoisotopic (exact) mass is 608 g/mol. The zero-order valence-electron chi connectivity index (χ0n) is 28.8. The lowest BCUT2D eigenvalue weighted by atomic mass is 9.74. The van der Waals surface area contributed by atoms with E-state index in [0.717, 1.165) is 49.6 Å². The van der Waals surface area contributed by atoms with E-state index in [1.165, 1.54) is 37.3 Å². The highest BCUT2D eigenvalue weighted by Crippen LogP contribution is 2.34. The zero-order chi connectivity index (χ0) is 33.3. The van der Waals surface area contributed by atoms with E-state index in [-0.39, 0.29) is 0 Å². The van der Waals surface area contributed by atoms with Gasteiger partial charge in [-0.2, -0.15) is 5.26 Å². The van der Waals surface area contributed by atoms with Gasteiger partial charge in [0.25, 0.3) is 0 Å². The first kappa shape index (κ1) is 40.8. The molecule has 0 aromatic heterocycles. The Labute approximate surface area is 268 Å². The number of rotatable bonds is 19. The van der Waals surface area contributed by atoms with Crippen LogP contribution in [0, 0.1) is 40.9 Å². The van der Waals surface area contributed by atoms with Crippen molar-refractivity contribution in [2.75, 3.05) is 13.2 Å². The number of carbonyl (C=O) groups excluding carboxylic acids is 2. The minimum Gasteiger partial charge on any atom is -0.478 e. The Morgan fingerprint density at radius 2 is 1.66 bits per heavy atom. The number of ether oxygens (including phenoxy) is 1. The van der Waals surface area contributed by atoms with E-state index in [1.807, 2.05) is 38.1 Å². The molecule has 0 saturated heterocycles. The highest BCUT2D eigenvalue weighted by molar-refractivity contribution is 6.02. The highest BCUT2D eigenvalue weighted by atomic mass is 16.5. The highest BCUT2D eigenvalue weighted by Gasteiger charge is 2.31. The average Bonchev–Trinajstić information content (AvgIpc) is 2.96. The molecule has 1 aliphatic rings. The number of nitrogens with two attached hydrogens (primary N) is 1. The molecule has 7 heteroatoms. The standard InChI is InChI=1S/C23H31N3O2.C9H21N.C5H8O/c1-4-12-28-22-14-21(26-22)23(17(2)3)20(6-5-11-25-16-27)13-18-7-9-19(15-24)10-8-18;1-4-5-9(10)7-6-8(2)3;1-5(2)3-4-6/h7-10,14,16-17,20,23H,4-6,11-13H2,1-3H3,(H,25,27);8-9H,4-7,10H2,1-3H3;3,5H,1-2H3. The van der Waals surface area contributed by atoms with E-state index in [2.05, 4.69) is 64.0 Å². The minimum absolute atomic E-state index is 0.334. The number of hydrogen-bond acceptors (Lipinski definition) is 6. The zero-order valence-corrected chi connectivity index (χ0v) is 28.8. The summed E-state index contributed by atoms with van der Waals surface area (Å²) in [5.41, 5.74) is 8.85. The van der Waals surface area contributed by atoms with Crippen LogP contribution in [-0.2, 0) is 20.7 Å². The molecule has 44 heavy (non-hydrogen) atoms. The predicted molar refractivity (Wildman–Crippen MR) is 184 cm³/mol. The number of benzene rings is 1. The van der Waals surface area contributed by atoms with Gasteiger partial charge in [0.15, 0.2) is 0 Å². The van der Waals surface area contributed by atoms with Crippen LogP contribution in [0.3, 0.4) is 0 Å². The fraction of sp³-hybridized carbons (Fsp3) is 0.649. The van der Waals surface area contributed by atoms with Crippen LogP contribution in [-0.4, -0.2) is 37.3 Å². The summed E-state index contributed by atoms with van der Waals surface area (Å²) in [6.45, 7) is 18.5. The van der Waals surface area contributed by atoms with Gasteiger partial charge in [-0.15, -0.1) is 0 Å². The number of allylic oxidation sites excluding steroid dienone is 2. The van der Waals surface area contributed by atoms with Crippen molar-refractivity contribution in [3.05, 3.63) is 53.4 Å². The third kappa shape index (κ3) is 19.2. The van der Waals surface area contributed by atoms with Gasteiger partial charge in [0.05, 0.1) is 24.0 Å². The molecule has 7 nitrogen and oxygen atoms in total. The molecule has 1 heterocycles. The van der Waals surface area contributed by atoms with E-state index >= 15 is 0 Å². The summed E-state index contributed by atoms with van der Waals surface area (Å²) >= 11 is 0. The van der Waals surface area contributed by atoms with Crippen LogP contribution >= 0.6 is 0 Å². The quantitative estimate of drug-likeness (QED) is 0.0943. The van der Waals surface area contributed by atoms with E-state index in [0.29, 0.717) is 48.4 Å². The van der Waals surface area contributed by atoms with Crippen LogP contribution in [0.25, 0.3) is 0 Å². The van der Waals surface area contributed by atoms with Gasteiger partial charge < -0.3 is 15.8 Å². The lowest BCUT2D eigenvalue weighted by molar-refractivity contribution is -0.109. The Hall–Kier alpha value is -3.20. The fourth-order valence-electron chi connectivity index (χ4n) is 4.98. The molecule has 0 saturated carbocycles. The molecule has 1 amide bonds. The van der Waals surface area contributed by atoms with E-state index in [9.17, 15) is 9.59 Å². The van der Waals surface area contributed by atoms with Crippen molar-refractivity contribution in [2.24, 2.45) is 40.3 Å². The molecule has 0 radical (unpaired) electrons. The van der Waals surface area contributed by atoms with E-state index in [4.69, 9.17) is 15.7 Å². The van der Waals surface area contributed by atoms with Crippen molar-refractivity contribution in [3.8, 4) is 6.07 Å². The number of nitrogens with zero attached hydrogens (tertiary/aromatic N) is 2. The Balaban J connectivity index is 0.000000950. The Bertz CT molecular complexity index is 1050. The normalized spacial score (nSPS) is 13.8. The van der Waals surface area contributed by atoms with Gasteiger partial charge in [0, 0.05) is 30.7 Å².